The molecule has 0 aliphatic carbocycles. The lowest BCUT2D eigenvalue weighted by molar-refractivity contribution is -0.125. The van der Waals surface area contributed by atoms with Crippen molar-refractivity contribution in [3.63, 3.8) is 0 Å². The molecule has 0 bridgehead atoms. The quantitative estimate of drug-likeness (QED) is 0.718. The summed E-state index contributed by atoms with van der Waals surface area (Å²) in [6.45, 7) is 2.03. The van der Waals surface area contributed by atoms with Crippen molar-refractivity contribution in [2.24, 2.45) is 13.0 Å². The Balaban J connectivity index is 0.00000240. The number of hydrogen-bond acceptors (Lipinski definition) is 5. The highest BCUT2D eigenvalue weighted by Crippen LogP contribution is 2.23. The number of hydrogen-bond donors (Lipinski definition) is 2. The summed E-state index contributed by atoms with van der Waals surface area (Å²) in [5.41, 5.74) is 1.55. The van der Waals surface area contributed by atoms with Gasteiger partial charge in [0.25, 0.3) is 5.91 Å². The van der Waals surface area contributed by atoms with Gasteiger partial charge in [-0.1, -0.05) is 12.1 Å². The predicted molar refractivity (Wildman–Crippen MR) is 109 cm³/mol. The summed E-state index contributed by atoms with van der Waals surface area (Å²) in [4.78, 5) is 42.5. The average molecular weight is 418 g/mol. The minimum atomic E-state index is -0.324. The van der Waals surface area contributed by atoms with E-state index in [2.05, 4.69) is 15.6 Å². The highest BCUT2D eigenvalue weighted by atomic mass is 35.5. The van der Waals surface area contributed by atoms with E-state index in [1.807, 2.05) is 34.8 Å². The summed E-state index contributed by atoms with van der Waals surface area (Å²) in [5, 5.41) is 5.66. The van der Waals surface area contributed by atoms with Gasteiger partial charge in [-0.15, -0.1) is 12.4 Å². The Morgan fingerprint density at radius 2 is 2.00 bits per heavy atom. The van der Waals surface area contributed by atoms with E-state index >= 15 is 0 Å². The van der Waals surface area contributed by atoms with Crippen molar-refractivity contribution in [3.8, 4) is 0 Å². The van der Waals surface area contributed by atoms with Crippen LogP contribution in [0.4, 0.5) is 0 Å². The third-order valence-electron chi connectivity index (χ3n) is 5.41. The third-order valence-corrected chi connectivity index (χ3v) is 5.41. The summed E-state index contributed by atoms with van der Waals surface area (Å²) in [7, 11) is 1.93. The second-order valence-corrected chi connectivity index (χ2v) is 7.33. The molecule has 2 atom stereocenters. The molecule has 3 amide bonds. The van der Waals surface area contributed by atoms with Crippen LogP contribution in [0, 0.1) is 5.92 Å². The van der Waals surface area contributed by atoms with Gasteiger partial charge in [0.2, 0.25) is 11.8 Å². The molecule has 1 aromatic heterocycles. The molecule has 0 spiro atoms. The van der Waals surface area contributed by atoms with Gasteiger partial charge in [0.15, 0.2) is 0 Å². The molecule has 0 saturated carbocycles. The van der Waals surface area contributed by atoms with E-state index in [1.54, 1.807) is 18.3 Å². The van der Waals surface area contributed by atoms with Crippen molar-refractivity contribution in [2.75, 3.05) is 19.6 Å². The lowest BCUT2D eigenvalue weighted by Crippen LogP contribution is -2.49. The minimum absolute atomic E-state index is 0. The maximum absolute atomic E-state index is 13.1. The van der Waals surface area contributed by atoms with Crippen molar-refractivity contribution < 1.29 is 14.4 Å². The number of imidazole rings is 1. The molecule has 9 heteroatoms. The summed E-state index contributed by atoms with van der Waals surface area (Å²) in [6.07, 6.45) is 4.35. The van der Waals surface area contributed by atoms with E-state index < -0.39 is 0 Å². The van der Waals surface area contributed by atoms with Gasteiger partial charge in [-0.05, 0) is 24.1 Å². The van der Waals surface area contributed by atoms with Gasteiger partial charge in [0.05, 0.1) is 5.92 Å². The van der Waals surface area contributed by atoms with Gasteiger partial charge in [-0.3, -0.25) is 19.7 Å². The van der Waals surface area contributed by atoms with Crippen LogP contribution < -0.4 is 10.6 Å². The summed E-state index contributed by atoms with van der Waals surface area (Å²) in [5.74, 6) is 0.0589. The first-order chi connectivity index (χ1) is 13.5. The normalized spacial score (nSPS) is 21.6. The Kier molecular flexibility index (Phi) is 6.34. The van der Waals surface area contributed by atoms with Crippen LogP contribution in [-0.2, 0) is 23.1 Å². The highest BCUT2D eigenvalue weighted by molar-refractivity contribution is 6.03. The molecule has 4 rings (SSSR count). The molecule has 2 saturated heterocycles. The molecule has 0 radical (unpaired) electrons. The van der Waals surface area contributed by atoms with Crippen LogP contribution in [0.25, 0.3) is 0 Å². The second-order valence-electron chi connectivity index (χ2n) is 7.33. The van der Waals surface area contributed by atoms with E-state index in [0.717, 1.165) is 17.9 Å². The monoisotopic (exact) mass is 417 g/mol. The van der Waals surface area contributed by atoms with Gasteiger partial charge >= 0.3 is 0 Å². The number of benzene rings is 1. The summed E-state index contributed by atoms with van der Waals surface area (Å²) < 4.78 is 1.94. The van der Waals surface area contributed by atoms with Crippen molar-refractivity contribution in [1.29, 1.82) is 0 Å². The molecule has 1 aromatic carbocycles. The number of piperazine rings is 1. The zero-order chi connectivity index (χ0) is 19.7. The molecule has 154 valence electrons. The number of aromatic nitrogens is 2. The summed E-state index contributed by atoms with van der Waals surface area (Å²) in [6, 6.07) is 7.20. The highest BCUT2D eigenvalue weighted by Gasteiger charge is 2.32. The first-order valence-electron chi connectivity index (χ1n) is 9.44. The van der Waals surface area contributed by atoms with Crippen molar-refractivity contribution in [3.05, 3.63) is 53.6 Å². The third kappa shape index (κ3) is 4.33. The standard InChI is InChI=1S/C20H23N5O3.ClH/c1-24-8-7-22-18(24)16-12-21-6-9-25(16)20(28)14-4-2-13(3-5-14)10-15-11-17(26)23-19(15)27;/h2-5,7-8,15-16,21H,6,9-12H2,1H3,(H,23,26,27);1H. The van der Waals surface area contributed by atoms with Crippen molar-refractivity contribution in [1.82, 2.24) is 25.1 Å². The largest absolute Gasteiger partial charge is 0.336 e. The maximum Gasteiger partial charge on any atom is 0.254 e. The second kappa shape index (κ2) is 8.75. The first-order valence-corrected chi connectivity index (χ1v) is 9.44. The Morgan fingerprint density at radius 1 is 1.24 bits per heavy atom. The van der Waals surface area contributed by atoms with Gasteiger partial charge in [0.1, 0.15) is 11.9 Å². The molecule has 29 heavy (non-hydrogen) atoms. The molecular formula is C20H24ClN5O3. The van der Waals surface area contributed by atoms with Gasteiger partial charge < -0.3 is 14.8 Å². The van der Waals surface area contributed by atoms with Crippen molar-refractivity contribution >= 4 is 30.1 Å². The van der Waals surface area contributed by atoms with Crippen LogP contribution in [0.5, 0.6) is 0 Å². The summed E-state index contributed by atoms with van der Waals surface area (Å²) >= 11 is 0. The fourth-order valence-corrected chi connectivity index (χ4v) is 3.88. The van der Waals surface area contributed by atoms with E-state index in [1.165, 1.54) is 0 Å². The van der Waals surface area contributed by atoms with E-state index in [0.29, 0.717) is 25.1 Å². The topological polar surface area (TPSA) is 96.3 Å². The Labute approximate surface area is 175 Å². The van der Waals surface area contributed by atoms with E-state index in [-0.39, 0.29) is 48.5 Å². The number of carbonyl (C=O) groups is 3. The molecule has 3 heterocycles. The van der Waals surface area contributed by atoms with Gasteiger partial charge in [-0.25, -0.2) is 4.98 Å². The first kappa shape index (κ1) is 21.0. The molecule has 2 aromatic rings. The van der Waals surface area contributed by atoms with Crippen LogP contribution in [0.3, 0.4) is 0 Å². The number of halogens is 1. The van der Waals surface area contributed by atoms with Crippen LogP contribution >= 0.6 is 12.4 Å². The zero-order valence-corrected chi connectivity index (χ0v) is 16.9. The molecule has 2 N–H and O–H groups in total. The fourth-order valence-electron chi connectivity index (χ4n) is 3.88. The Morgan fingerprint density at radius 3 is 2.62 bits per heavy atom. The van der Waals surface area contributed by atoms with E-state index in [9.17, 15) is 14.4 Å². The molecule has 2 aliphatic rings. The van der Waals surface area contributed by atoms with Gasteiger partial charge in [0, 0.05) is 51.1 Å². The van der Waals surface area contributed by atoms with Crippen molar-refractivity contribution in [2.45, 2.75) is 18.9 Å². The smallest absolute Gasteiger partial charge is 0.254 e. The number of amides is 3. The number of nitrogens with zero attached hydrogens (tertiary/aromatic N) is 3. The number of imide groups is 1. The zero-order valence-electron chi connectivity index (χ0n) is 16.1. The van der Waals surface area contributed by atoms with Gasteiger partial charge in [-0.2, -0.15) is 0 Å². The SMILES string of the molecule is Cl.Cn1ccnc1C1CNCCN1C(=O)c1ccc(CC2CC(=O)NC2=O)cc1. The number of carbonyl (C=O) groups excluding carboxylic acids is 3. The molecule has 2 fully saturated rings. The molecule has 8 nitrogen and oxygen atoms in total. The Hall–Kier alpha value is -2.71. The van der Waals surface area contributed by atoms with Crippen LogP contribution in [-0.4, -0.2) is 51.8 Å². The Bertz CT molecular complexity index is 911. The van der Waals surface area contributed by atoms with E-state index in [4.69, 9.17) is 0 Å². The van der Waals surface area contributed by atoms with Crippen LogP contribution in [0.2, 0.25) is 0 Å². The van der Waals surface area contributed by atoms with Crippen LogP contribution in [0.15, 0.2) is 36.7 Å². The number of nitrogens with one attached hydrogen (secondary N) is 2. The maximum atomic E-state index is 13.1. The van der Waals surface area contributed by atoms with Crippen LogP contribution in [0.1, 0.15) is 34.2 Å². The lowest BCUT2D eigenvalue weighted by atomic mass is 9.97. The molecular weight excluding hydrogens is 394 g/mol. The molecule has 2 aliphatic heterocycles. The molecule has 2 unspecified atom stereocenters. The minimum Gasteiger partial charge on any atom is -0.336 e. The number of aryl methyl sites for hydroxylation is 1. The average Bonchev–Trinajstić information content (AvgIpc) is 3.26. The fraction of sp³-hybridized carbons (Fsp3) is 0.400. The lowest BCUT2D eigenvalue weighted by Gasteiger charge is -2.35. The number of rotatable bonds is 4. The predicted octanol–water partition coefficient (Wildman–Crippen LogP) is 0.834.